The van der Waals surface area contributed by atoms with Crippen LogP contribution in [-0.2, 0) is 4.79 Å². The number of amides is 1. The fraction of sp³-hybridized carbons (Fsp3) is 0.976. The van der Waals surface area contributed by atoms with Crippen LogP contribution in [0.25, 0.3) is 0 Å². The molecule has 0 heterocycles. The van der Waals surface area contributed by atoms with Crippen LogP contribution in [-0.4, -0.2) is 5.91 Å². The van der Waals surface area contributed by atoms with E-state index >= 15 is 0 Å². The summed E-state index contributed by atoms with van der Waals surface area (Å²) in [5.74, 6) is -0.147. The van der Waals surface area contributed by atoms with E-state index in [9.17, 15) is 4.79 Å². The number of carbonyl (C=O) groups is 1. The smallest absolute Gasteiger partial charge is 0.217 e. The van der Waals surface area contributed by atoms with Crippen molar-refractivity contribution in [1.29, 1.82) is 0 Å². The SMILES string of the molecule is CCCCCCCCCCCCCCCCCCCCCCCCCCCCCCCCCCCCCCCCCC(N)=O. The highest BCUT2D eigenvalue weighted by molar-refractivity contribution is 5.73. The van der Waals surface area contributed by atoms with Crippen molar-refractivity contribution in [1.82, 2.24) is 0 Å². The lowest BCUT2D eigenvalue weighted by atomic mass is 10.0. The van der Waals surface area contributed by atoms with Crippen molar-refractivity contribution in [2.24, 2.45) is 5.73 Å². The zero-order chi connectivity index (χ0) is 31.9. The van der Waals surface area contributed by atoms with Gasteiger partial charge in [-0.15, -0.1) is 0 Å². The van der Waals surface area contributed by atoms with Gasteiger partial charge in [-0.25, -0.2) is 0 Å². The summed E-state index contributed by atoms with van der Waals surface area (Å²) in [6.45, 7) is 2.31. The first-order valence-electron chi connectivity index (χ1n) is 21.1. The molecule has 2 N–H and O–H groups in total. The quantitative estimate of drug-likeness (QED) is 0.0681. The summed E-state index contributed by atoms with van der Waals surface area (Å²) in [5.41, 5.74) is 5.18. The third kappa shape index (κ3) is 41.5. The molecule has 0 fully saturated rings. The molecule has 2 nitrogen and oxygen atoms in total. The van der Waals surface area contributed by atoms with Gasteiger partial charge in [-0.05, 0) is 6.42 Å². The minimum atomic E-state index is -0.147. The number of hydrogen-bond acceptors (Lipinski definition) is 1. The van der Waals surface area contributed by atoms with Gasteiger partial charge in [0, 0.05) is 6.42 Å². The second-order valence-electron chi connectivity index (χ2n) is 14.7. The Kier molecular flexibility index (Phi) is 40.0. The summed E-state index contributed by atoms with van der Waals surface area (Å²) in [5, 5.41) is 0. The molecule has 0 saturated heterocycles. The molecule has 0 atom stereocenters. The van der Waals surface area contributed by atoms with Gasteiger partial charge < -0.3 is 5.73 Å². The second kappa shape index (κ2) is 40.5. The third-order valence-corrected chi connectivity index (χ3v) is 10.0. The van der Waals surface area contributed by atoms with Gasteiger partial charge in [-0.1, -0.05) is 251 Å². The topological polar surface area (TPSA) is 43.1 Å². The maximum Gasteiger partial charge on any atom is 0.217 e. The van der Waals surface area contributed by atoms with E-state index in [4.69, 9.17) is 5.73 Å². The zero-order valence-corrected chi connectivity index (χ0v) is 30.8. The van der Waals surface area contributed by atoms with E-state index in [0.717, 1.165) is 6.42 Å². The Hall–Kier alpha value is -0.530. The van der Waals surface area contributed by atoms with Crippen molar-refractivity contribution in [3.05, 3.63) is 0 Å². The van der Waals surface area contributed by atoms with Crippen LogP contribution in [0.2, 0.25) is 0 Å². The van der Waals surface area contributed by atoms with Crippen molar-refractivity contribution in [2.75, 3.05) is 0 Å². The molecular weight excluding hydrogens is 534 g/mol. The van der Waals surface area contributed by atoms with Gasteiger partial charge in [0.05, 0.1) is 0 Å². The molecule has 0 aromatic heterocycles. The van der Waals surface area contributed by atoms with E-state index in [0.29, 0.717) is 6.42 Å². The summed E-state index contributed by atoms with van der Waals surface area (Å²) >= 11 is 0. The van der Waals surface area contributed by atoms with E-state index in [1.165, 1.54) is 244 Å². The Morgan fingerprint density at radius 3 is 0.545 bits per heavy atom. The summed E-state index contributed by atoms with van der Waals surface area (Å²) in [6.07, 6.45) is 56.6. The van der Waals surface area contributed by atoms with E-state index in [1.807, 2.05) is 0 Å². The molecule has 0 spiro atoms. The Morgan fingerprint density at radius 1 is 0.273 bits per heavy atom. The molecule has 264 valence electrons. The van der Waals surface area contributed by atoms with Crippen molar-refractivity contribution in [2.45, 2.75) is 264 Å². The number of unbranched alkanes of at least 4 members (excludes halogenated alkanes) is 38. The Morgan fingerprint density at radius 2 is 0.409 bits per heavy atom. The predicted octanol–water partition coefficient (Wildman–Crippen LogP) is 15.1. The minimum absolute atomic E-state index is 0.147. The Labute approximate surface area is 279 Å². The molecule has 0 saturated carbocycles. The lowest BCUT2D eigenvalue weighted by molar-refractivity contribution is -0.118. The molecule has 0 rings (SSSR count). The first kappa shape index (κ1) is 43.5. The van der Waals surface area contributed by atoms with Gasteiger partial charge in [0.2, 0.25) is 5.91 Å². The average Bonchev–Trinajstić information content (AvgIpc) is 3.02. The highest BCUT2D eigenvalue weighted by atomic mass is 16.1. The van der Waals surface area contributed by atoms with Gasteiger partial charge in [-0.3, -0.25) is 4.79 Å². The summed E-state index contributed by atoms with van der Waals surface area (Å²) in [7, 11) is 0. The first-order chi connectivity index (χ1) is 21.8. The summed E-state index contributed by atoms with van der Waals surface area (Å²) in [6, 6.07) is 0. The van der Waals surface area contributed by atoms with Crippen LogP contribution < -0.4 is 5.73 Å². The van der Waals surface area contributed by atoms with Crippen molar-refractivity contribution in [3.63, 3.8) is 0 Å². The Balaban J connectivity index is 3.04. The van der Waals surface area contributed by atoms with Crippen LogP contribution in [0.1, 0.15) is 264 Å². The van der Waals surface area contributed by atoms with Crippen molar-refractivity contribution >= 4 is 5.91 Å². The van der Waals surface area contributed by atoms with Crippen LogP contribution in [0.5, 0.6) is 0 Å². The van der Waals surface area contributed by atoms with Crippen LogP contribution in [0.3, 0.4) is 0 Å². The van der Waals surface area contributed by atoms with Crippen LogP contribution in [0.15, 0.2) is 0 Å². The molecule has 0 aliphatic carbocycles. The molecule has 0 aromatic carbocycles. The number of primary amides is 1. The van der Waals surface area contributed by atoms with Crippen LogP contribution in [0.4, 0.5) is 0 Å². The van der Waals surface area contributed by atoms with Crippen molar-refractivity contribution < 1.29 is 4.79 Å². The van der Waals surface area contributed by atoms with Gasteiger partial charge in [0.25, 0.3) is 0 Å². The van der Waals surface area contributed by atoms with E-state index in [1.54, 1.807) is 0 Å². The van der Waals surface area contributed by atoms with Gasteiger partial charge in [0.15, 0.2) is 0 Å². The fourth-order valence-corrected chi connectivity index (χ4v) is 6.91. The summed E-state index contributed by atoms with van der Waals surface area (Å²) < 4.78 is 0. The lowest BCUT2D eigenvalue weighted by Gasteiger charge is -2.05. The van der Waals surface area contributed by atoms with Crippen molar-refractivity contribution in [3.8, 4) is 0 Å². The number of nitrogens with two attached hydrogens (primary N) is 1. The van der Waals surface area contributed by atoms with Gasteiger partial charge in [-0.2, -0.15) is 0 Å². The molecule has 0 aromatic rings. The number of hydrogen-bond donors (Lipinski definition) is 1. The molecule has 0 aliphatic rings. The second-order valence-corrected chi connectivity index (χ2v) is 14.7. The van der Waals surface area contributed by atoms with Crippen LogP contribution in [0, 0.1) is 0 Å². The van der Waals surface area contributed by atoms with E-state index < -0.39 is 0 Å². The maximum atomic E-state index is 10.7. The average molecular weight is 620 g/mol. The number of carbonyl (C=O) groups excluding carboxylic acids is 1. The largest absolute Gasteiger partial charge is 0.370 e. The molecular formula is C42H85NO. The van der Waals surface area contributed by atoms with Gasteiger partial charge in [0.1, 0.15) is 0 Å². The molecule has 0 aliphatic heterocycles. The third-order valence-electron chi connectivity index (χ3n) is 10.0. The van der Waals surface area contributed by atoms with Crippen LogP contribution >= 0.6 is 0 Å². The molecule has 0 radical (unpaired) electrons. The summed E-state index contributed by atoms with van der Waals surface area (Å²) in [4.78, 5) is 10.7. The first-order valence-corrected chi connectivity index (χ1v) is 21.1. The Bertz CT molecular complexity index is 518. The molecule has 0 bridgehead atoms. The van der Waals surface area contributed by atoms with E-state index in [-0.39, 0.29) is 5.91 Å². The maximum absolute atomic E-state index is 10.7. The molecule has 44 heavy (non-hydrogen) atoms. The highest BCUT2D eigenvalue weighted by Crippen LogP contribution is 2.17. The highest BCUT2D eigenvalue weighted by Gasteiger charge is 1.98. The number of rotatable bonds is 40. The van der Waals surface area contributed by atoms with Gasteiger partial charge >= 0.3 is 0 Å². The van der Waals surface area contributed by atoms with E-state index in [2.05, 4.69) is 6.92 Å². The minimum Gasteiger partial charge on any atom is -0.370 e. The monoisotopic (exact) mass is 620 g/mol. The molecule has 0 unspecified atom stereocenters. The molecule has 2 heteroatoms. The predicted molar refractivity (Wildman–Crippen MR) is 200 cm³/mol. The lowest BCUT2D eigenvalue weighted by Crippen LogP contribution is -2.09. The standard InChI is InChI=1S/C42H85NO/c1-2-3-4-5-6-7-8-9-10-11-12-13-14-15-16-17-18-19-20-21-22-23-24-25-26-27-28-29-30-31-32-33-34-35-36-37-38-39-40-41-42(43)44/h2-41H2,1H3,(H2,43,44). The zero-order valence-electron chi connectivity index (χ0n) is 30.8. The molecule has 1 amide bonds. The fourth-order valence-electron chi connectivity index (χ4n) is 6.91. The normalized spacial score (nSPS) is 11.5.